The van der Waals surface area contributed by atoms with Crippen molar-refractivity contribution in [3.8, 4) is 0 Å². The number of carboxylic acids is 1. The number of pyridine rings is 1. The Kier molecular flexibility index (Phi) is 4.11. The van der Waals surface area contributed by atoms with Crippen molar-refractivity contribution in [1.82, 2.24) is 9.97 Å². The Hall–Kier alpha value is -1.95. The Bertz CT molecular complexity index is 583. The Morgan fingerprint density at radius 2 is 2.32 bits per heavy atom. The van der Waals surface area contributed by atoms with Gasteiger partial charge in [0.05, 0.1) is 11.6 Å². The third kappa shape index (κ3) is 3.29. The molecule has 2 aromatic rings. The van der Waals surface area contributed by atoms with Crippen molar-refractivity contribution in [3.63, 3.8) is 0 Å². The molecule has 2 rings (SSSR count). The topological polar surface area (TPSA) is 75.1 Å². The van der Waals surface area contributed by atoms with E-state index in [1.165, 1.54) is 23.2 Å². The summed E-state index contributed by atoms with van der Waals surface area (Å²) >= 11 is 1.65. The smallest absolute Gasteiger partial charge is 0.335 e. The zero-order valence-corrected chi connectivity index (χ0v) is 11.6. The maximum atomic E-state index is 10.9. The fraction of sp³-hybridized carbons (Fsp3) is 0.308. The van der Waals surface area contributed by atoms with Crippen LogP contribution >= 0.6 is 11.3 Å². The van der Waals surface area contributed by atoms with Gasteiger partial charge in [-0.25, -0.2) is 14.8 Å². The fourth-order valence-corrected chi connectivity index (χ4v) is 2.47. The summed E-state index contributed by atoms with van der Waals surface area (Å²) in [5.74, 6) is -0.415. The van der Waals surface area contributed by atoms with Crippen LogP contribution in [0.5, 0.6) is 0 Å². The number of hydrogen-bond donors (Lipinski definition) is 2. The van der Waals surface area contributed by atoms with E-state index in [-0.39, 0.29) is 11.6 Å². The predicted octanol–water partition coefficient (Wildman–Crippen LogP) is 2.97. The highest BCUT2D eigenvalue weighted by Crippen LogP contribution is 2.23. The van der Waals surface area contributed by atoms with Gasteiger partial charge in [0.2, 0.25) is 0 Å². The first-order valence-corrected chi connectivity index (χ1v) is 6.82. The summed E-state index contributed by atoms with van der Waals surface area (Å²) in [6.07, 6.45) is 4.33. The number of carboxylic acid groups (broad SMARTS) is 1. The Balaban J connectivity index is 2.12. The summed E-state index contributed by atoms with van der Waals surface area (Å²) in [5.41, 5.74) is 0.220. The molecule has 0 aliphatic rings. The lowest BCUT2D eigenvalue weighted by Crippen LogP contribution is -2.08. The zero-order valence-electron chi connectivity index (χ0n) is 10.8. The number of rotatable bonds is 5. The van der Waals surface area contributed by atoms with Crippen LogP contribution in [0.15, 0.2) is 24.5 Å². The van der Waals surface area contributed by atoms with Gasteiger partial charge in [-0.05, 0) is 25.5 Å². The molecule has 2 N–H and O–H groups in total. The Morgan fingerprint density at radius 1 is 1.53 bits per heavy atom. The van der Waals surface area contributed by atoms with Crippen molar-refractivity contribution in [2.75, 3.05) is 5.32 Å². The molecule has 0 bridgehead atoms. The normalized spacial score (nSPS) is 12.1. The molecule has 5 nitrogen and oxygen atoms in total. The number of anilines is 1. The molecule has 1 unspecified atom stereocenters. The van der Waals surface area contributed by atoms with Crippen molar-refractivity contribution in [2.24, 2.45) is 0 Å². The molecule has 19 heavy (non-hydrogen) atoms. The van der Waals surface area contributed by atoms with E-state index in [1.54, 1.807) is 11.3 Å². The number of aromatic carboxylic acids is 1. The SMILES string of the molecule is CCc1cnc(C(C)Nc2cc(C(=O)O)ccn2)s1. The molecule has 0 aromatic carbocycles. The van der Waals surface area contributed by atoms with E-state index in [4.69, 9.17) is 5.11 Å². The molecule has 0 saturated carbocycles. The second kappa shape index (κ2) is 5.79. The quantitative estimate of drug-likeness (QED) is 0.878. The van der Waals surface area contributed by atoms with Crippen molar-refractivity contribution >= 4 is 23.1 Å². The fourth-order valence-electron chi connectivity index (χ4n) is 1.61. The van der Waals surface area contributed by atoms with Gasteiger partial charge in [0.15, 0.2) is 0 Å². The molecule has 0 aliphatic heterocycles. The van der Waals surface area contributed by atoms with Gasteiger partial charge in [0.25, 0.3) is 0 Å². The lowest BCUT2D eigenvalue weighted by Gasteiger charge is -2.11. The molecule has 0 aliphatic carbocycles. The highest BCUT2D eigenvalue weighted by molar-refractivity contribution is 7.11. The average Bonchev–Trinajstić information content (AvgIpc) is 2.88. The second-order valence-corrected chi connectivity index (χ2v) is 5.27. The standard InChI is InChI=1S/C13H15N3O2S/c1-3-10-7-15-12(19-10)8(2)16-11-6-9(13(17)18)4-5-14-11/h4-8H,3H2,1-2H3,(H,14,16)(H,17,18). The summed E-state index contributed by atoms with van der Waals surface area (Å²) < 4.78 is 0. The van der Waals surface area contributed by atoms with Crippen molar-refractivity contribution in [1.29, 1.82) is 0 Å². The second-order valence-electron chi connectivity index (χ2n) is 4.12. The first kappa shape index (κ1) is 13.5. The van der Waals surface area contributed by atoms with Crippen LogP contribution in [0, 0.1) is 0 Å². The summed E-state index contributed by atoms with van der Waals surface area (Å²) in [6, 6.07) is 2.99. The minimum Gasteiger partial charge on any atom is -0.478 e. The third-order valence-corrected chi connectivity index (χ3v) is 3.99. The molecule has 2 aromatic heterocycles. The zero-order chi connectivity index (χ0) is 13.8. The van der Waals surface area contributed by atoms with Crippen molar-refractivity contribution in [2.45, 2.75) is 26.3 Å². The molecule has 0 spiro atoms. The summed E-state index contributed by atoms with van der Waals surface area (Å²) in [6.45, 7) is 4.07. The van der Waals surface area contributed by atoms with E-state index < -0.39 is 5.97 Å². The number of nitrogens with one attached hydrogen (secondary N) is 1. The summed E-state index contributed by atoms with van der Waals surface area (Å²) in [7, 11) is 0. The first-order chi connectivity index (χ1) is 9.10. The van der Waals surface area contributed by atoms with Crippen LogP contribution in [0.2, 0.25) is 0 Å². The summed E-state index contributed by atoms with van der Waals surface area (Å²) in [4.78, 5) is 20.6. The van der Waals surface area contributed by atoms with Crippen LogP contribution in [0.25, 0.3) is 0 Å². The molecule has 2 heterocycles. The van der Waals surface area contributed by atoms with Crippen LogP contribution in [0.4, 0.5) is 5.82 Å². The number of aromatic nitrogens is 2. The number of thiazole rings is 1. The van der Waals surface area contributed by atoms with Crippen LogP contribution in [-0.2, 0) is 6.42 Å². The molecule has 1 atom stereocenters. The third-order valence-electron chi connectivity index (χ3n) is 2.66. The maximum absolute atomic E-state index is 10.9. The molecule has 100 valence electrons. The molecular formula is C13H15N3O2S. The number of hydrogen-bond acceptors (Lipinski definition) is 5. The maximum Gasteiger partial charge on any atom is 0.335 e. The minimum atomic E-state index is -0.958. The molecule has 0 amide bonds. The van der Waals surface area contributed by atoms with Gasteiger partial charge in [0, 0.05) is 17.3 Å². The predicted molar refractivity (Wildman–Crippen MR) is 74.7 cm³/mol. The number of nitrogens with zero attached hydrogens (tertiary/aromatic N) is 2. The lowest BCUT2D eigenvalue weighted by molar-refractivity contribution is 0.0697. The molecular weight excluding hydrogens is 262 g/mol. The van der Waals surface area contributed by atoms with E-state index in [0.29, 0.717) is 5.82 Å². The van der Waals surface area contributed by atoms with Crippen LogP contribution in [0.3, 0.4) is 0 Å². The van der Waals surface area contributed by atoms with Gasteiger partial charge in [-0.1, -0.05) is 6.92 Å². The van der Waals surface area contributed by atoms with Gasteiger partial charge in [0.1, 0.15) is 10.8 Å². The van der Waals surface area contributed by atoms with E-state index in [0.717, 1.165) is 11.4 Å². The van der Waals surface area contributed by atoms with E-state index in [9.17, 15) is 4.79 Å². The highest BCUT2D eigenvalue weighted by Gasteiger charge is 2.11. The van der Waals surface area contributed by atoms with Gasteiger partial charge in [-0.2, -0.15) is 0 Å². The first-order valence-electron chi connectivity index (χ1n) is 6.00. The van der Waals surface area contributed by atoms with Crippen molar-refractivity contribution in [3.05, 3.63) is 40.0 Å². The monoisotopic (exact) mass is 277 g/mol. The molecule has 0 fully saturated rings. The van der Waals surface area contributed by atoms with Crippen LogP contribution in [-0.4, -0.2) is 21.0 Å². The van der Waals surface area contributed by atoms with E-state index in [2.05, 4.69) is 22.2 Å². The molecule has 6 heteroatoms. The minimum absolute atomic E-state index is 0.00171. The van der Waals surface area contributed by atoms with E-state index >= 15 is 0 Å². The lowest BCUT2D eigenvalue weighted by atomic mass is 10.2. The average molecular weight is 277 g/mol. The largest absolute Gasteiger partial charge is 0.478 e. The summed E-state index contributed by atoms with van der Waals surface area (Å²) in [5, 5.41) is 13.1. The number of carbonyl (C=O) groups is 1. The van der Waals surface area contributed by atoms with Gasteiger partial charge >= 0.3 is 5.97 Å². The van der Waals surface area contributed by atoms with Crippen LogP contribution in [0.1, 0.15) is 40.1 Å². The van der Waals surface area contributed by atoms with Gasteiger partial charge in [-0.15, -0.1) is 11.3 Å². The van der Waals surface area contributed by atoms with Crippen LogP contribution < -0.4 is 5.32 Å². The Labute approximate surface area is 115 Å². The molecule has 0 saturated heterocycles. The molecule has 0 radical (unpaired) electrons. The number of aryl methyl sites for hydroxylation is 1. The highest BCUT2D eigenvalue weighted by atomic mass is 32.1. The van der Waals surface area contributed by atoms with E-state index in [1.807, 2.05) is 13.1 Å². The van der Waals surface area contributed by atoms with Crippen molar-refractivity contribution < 1.29 is 9.90 Å². The van der Waals surface area contributed by atoms with Gasteiger partial charge < -0.3 is 10.4 Å². The van der Waals surface area contributed by atoms with Gasteiger partial charge in [-0.3, -0.25) is 0 Å². The Morgan fingerprint density at radius 3 is 2.95 bits per heavy atom.